The average Bonchev–Trinajstić information content (AvgIpc) is 2.98. The molecule has 0 fully saturated rings. The molecule has 2 heterocycles. The summed E-state index contributed by atoms with van der Waals surface area (Å²) >= 11 is 1.26. The van der Waals surface area contributed by atoms with Gasteiger partial charge in [0.25, 0.3) is 5.91 Å². The zero-order chi connectivity index (χ0) is 17.1. The van der Waals surface area contributed by atoms with Gasteiger partial charge >= 0.3 is 0 Å². The summed E-state index contributed by atoms with van der Waals surface area (Å²) in [5.74, 6) is -1.79. The molecule has 0 radical (unpaired) electrons. The highest BCUT2D eigenvalue weighted by Gasteiger charge is 2.10. The van der Waals surface area contributed by atoms with E-state index in [0.29, 0.717) is 28.5 Å². The lowest BCUT2D eigenvalue weighted by molar-refractivity contribution is 0.102. The molecule has 8 heteroatoms. The minimum Gasteiger partial charge on any atom is -0.384 e. The predicted molar refractivity (Wildman–Crippen MR) is 87.9 cm³/mol. The average molecular weight is 346 g/mol. The monoisotopic (exact) mass is 346 g/mol. The van der Waals surface area contributed by atoms with Crippen molar-refractivity contribution in [2.45, 2.75) is 6.42 Å². The minimum absolute atomic E-state index is 0.328. The van der Waals surface area contributed by atoms with E-state index in [2.05, 4.69) is 15.3 Å². The third-order valence-electron chi connectivity index (χ3n) is 3.18. The van der Waals surface area contributed by atoms with Crippen LogP contribution in [-0.4, -0.2) is 15.9 Å². The van der Waals surface area contributed by atoms with Crippen molar-refractivity contribution in [3.05, 3.63) is 70.4 Å². The van der Waals surface area contributed by atoms with Gasteiger partial charge in [-0.2, -0.15) is 0 Å². The number of rotatable bonds is 4. The lowest BCUT2D eigenvalue weighted by Gasteiger charge is -2.01. The molecule has 0 saturated heterocycles. The molecule has 0 saturated carbocycles. The van der Waals surface area contributed by atoms with Crippen molar-refractivity contribution in [2.24, 2.45) is 0 Å². The number of nitrogens with two attached hydrogens (primary N) is 1. The quantitative estimate of drug-likeness (QED) is 0.760. The first kappa shape index (κ1) is 16.0. The van der Waals surface area contributed by atoms with Crippen LogP contribution in [0.1, 0.15) is 20.8 Å². The second-order valence-corrected chi connectivity index (χ2v) is 6.10. The van der Waals surface area contributed by atoms with Gasteiger partial charge < -0.3 is 5.73 Å². The van der Waals surface area contributed by atoms with E-state index in [4.69, 9.17) is 5.73 Å². The van der Waals surface area contributed by atoms with E-state index in [0.717, 1.165) is 17.0 Å². The molecule has 0 aliphatic carbocycles. The van der Waals surface area contributed by atoms with Crippen LogP contribution in [0, 0.1) is 11.6 Å². The molecule has 3 rings (SSSR count). The highest BCUT2D eigenvalue weighted by Crippen LogP contribution is 2.22. The van der Waals surface area contributed by atoms with Crippen LogP contribution >= 0.6 is 11.3 Å². The van der Waals surface area contributed by atoms with Crippen molar-refractivity contribution in [2.75, 3.05) is 11.1 Å². The van der Waals surface area contributed by atoms with Crippen LogP contribution in [0.2, 0.25) is 0 Å². The Morgan fingerprint density at radius 2 is 1.96 bits per heavy atom. The first-order valence-electron chi connectivity index (χ1n) is 6.93. The standard InChI is InChI=1S/C16H12F2N4OS/c17-12-3-1-9(6-13(12)18)5-11-8-21-16(24-11)22-15(23)10-2-4-14(19)20-7-10/h1-4,6-8H,5H2,(H2,19,20)(H,21,22,23). The van der Waals surface area contributed by atoms with Crippen LogP contribution in [0.4, 0.5) is 19.7 Å². The largest absolute Gasteiger partial charge is 0.384 e. The second kappa shape index (κ2) is 6.71. The Morgan fingerprint density at radius 3 is 2.67 bits per heavy atom. The van der Waals surface area contributed by atoms with Crippen LogP contribution in [0.3, 0.4) is 0 Å². The highest BCUT2D eigenvalue weighted by atomic mass is 32.1. The van der Waals surface area contributed by atoms with Crippen molar-refractivity contribution < 1.29 is 13.6 Å². The Labute approximate surface area is 140 Å². The summed E-state index contributed by atoms with van der Waals surface area (Å²) in [5.41, 5.74) is 6.46. The highest BCUT2D eigenvalue weighted by molar-refractivity contribution is 7.15. The Kier molecular flexibility index (Phi) is 4.48. The number of amides is 1. The molecule has 3 aromatic rings. The Morgan fingerprint density at radius 1 is 1.12 bits per heavy atom. The van der Waals surface area contributed by atoms with Gasteiger partial charge in [0, 0.05) is 23.7 Å². The van der Waals surface area contributed by atoms with Crippen LogP contribution in [0.15, 0.2) is 42.7 Å². The van der Waals surface area contributed by atoms with Gasteiger partial charge in [0.15, 0.2) is 16.8 Å². The molecule has 0 aliphatic heterocycles. The van der Waals surface area contributed by atoms with E-state index >= 15 is 0 Å². The number of carbonyl (C=O) groups excluding carboxylic acids is 1. The maximum atomic E-state index is 13.2. The zero-order valence-electron chi connectivity index (χ0n) is 12.3. The fourth-order valence-corrected chi connectivity index (χ4v) is 2.85. The van der Waals surface area contributed by atoms with Crippen LogP contribution in [-0.2, 0) is 6.42 Å². The van der Waals surface area contributed by atoms with Gasteiger partial charge in [-0.05, 0) is 29.8 Å². The maximum Gasteiger partial charge on any atom is 0.259 e. The number of thiazole rings is 1. The number of pyridine rings is 1. The molecule has 5 nitrogen and oxygen atoms in total. The number of halogens is 2. The molecule has 24 heavy (non-hydrogen) atoms. The molecule has 2 aromatic heterocycles. The summed E-state index contributed by atoms with van der Waals surface area (Å²) in [7, 11) is 0. The lowest BCUT2D eigenvalue weighted by Crippen LogP contribution is -2.12. The smallest absolute Gasteiger partial charge is 0.259 e. The molecular weight excluding hydrogens is 334 g/mol. The van der Waals surface area contributed by atoms with Crippen LogP contribution in [0.5, 0.6) is 0 Å². The molecule has 0 atom stereocenters. The van der Waals surface area contributed by atoms with Gasteiger partial charge in [0.1, 0.15) is 5.82 Å². The van der Waals surface area contributed by atoms with Gasteiger partial charge in [0.2, 0.25) is 0 Å². The van der Waals surface area contributed by atoms with E-state index in [1.807, 2.05) is 0 Å². The van der Waals surface area contributed by atoms with Crippen LogP contribution < -0.4 is 11.1 Å². The molecule has 0 spiro atoms. The lowest BCUT2D eigenvalue weighted by atomic mass is 10.1. The normalized spacial score (nSPS) is 10.6. The Balaban J connectivity index is 1.67. The van der Waals surface area contributed by atoms with Crippen molar-refractivity contribution in [1.82, 2.24) is 9.97 Å². The number of carbonyl (C=O) groups is 1. The molecular formula is C16H12F2N4OS. The van der Waals surface area contributed by atoms with Crippen molar-refractivity contribution in [1.29, 1.82) is 0 Å². The number of hydrogen-bond donors (Lipinski definition) is 2. The SMILES string of the molecule is Nc1ccc(C(=O)Nc2ncc(Cc3ccc(F)c(F)c3)s2)cn1. The minimum atomic E-state index is -0.888. The number of aromatic nitrogens is 2. The predicted octanol–water partition coefficient (Wildman–Crippen LogP) is 3.24. The van der Waals surface area contributed by atoms with E-state index in [9.17, 15) is 13.6 Å². The summed E-state index contributed by atoms with van der Waals surface area (Å²) in [6.45, 7) is 0. The molecule has 0 aliphatic rings. The van der Waals surface area contributed by atoms with E-state index < -0.39 is 11.6 Å². The Bertz CT molecular complexity index is 880. The van der Waals surface area contributed by atoms with E-state index in [1.165, 1.54) is 29.7 Å². The van der Waals surface area contributed by atoms with Gasteiger partial charge in [0.05, 0.1) is 5.56 Å². The molecule has 0 unspecified atom stereocenters. The maximum absolute atomic E-state index is 13.2. The summed E-state index contributed by atoms with van der Waals surface area (Å²) in [6.07, 6.45) is 3.36. The fourth-order valence-electron chi connectivity index (χ4n) is 2.01. The van der Waals surface area contributed by atoms with E-state index in [-0.39, 0.29) is 5.91 Å². The summed E-state index contributed by atoms with van der Waals surface area (Å²) < 4.78 is 26.1. The number of benzene rings is 1. The van der Waals surface area contributed by atoms with Crippen molar-refractivity contribution in [3.8, 4) is 0 Å². The van der Waals surface area contributed by atoms with Crippen molar-refractivity contribution >= 4 is 28.2 Å². The Hall–Kier alpha value is -2.87. The first-order valence-corrected chi connectivity index (χ1v) is 7.74. The van der Waals surface area contributed by atoms with Crippen LogP contribution in [0.25, 0.3) is 0 Å². The first-order chi connectivity index (χ1) is 11.5. The van der Waals surface area contributed by atoms with Gasteiger partial charge in [-0.15, -0.1) is 11.3 Å². The topological polar surface area (TPSA) is 80.9 Å². The molecule has 3 N–H and O–H groups in total. The zero-order valence-corrected chi connectivity index (χ0v) is 13.1. The number of hydrogen-bond acceptors (Lipinski definition) is 5. The molecule has 1 amide bonds. The third kappa shape index (κ3) is 3.72. The summed E-state index contributed by atoms with van der Waals surface area (Å²) in [6, 6.07) is 6.84. The second-order valence-electron chi connectivity index (χ2n) is 4.98. The van der Waals surface area contributed by atoms with Gasteiger partial charge in [-0.3, -0.25) is 10.1 Å². The summed E-state index contributed by atoms with van der Waals surface area (Å²) in [4.78, 5) is 20.8. The summed E-state index contributed by atoms with van der Waals surface area (Å²) in [5, 5.41) is 3.07. The number of nitrogen functional groups attached to an aromatic ring is 1. The van der Waals surface area contributed by atoms with Gasteiger partial charge in [-0.1, -0.05) is 6.07 Å². The fraction of sp³-hybridized carbons (Fsp3) is 0.0625. The van der Waals surface area contributed by atoms with Crippen molar-refractivity contribution in [3.63, 3.8) is 0 Å². The number of nitrogens with one attached hydrogen (secondary N) is 1. The van der Waals surface area contributed by atoms with E-state index in [1.54, 1.807) is 12.3 Å². The van der Waals surface area contributed by atoms with Gasteiger partial charge in [-0.25, -0.2) is 18.7 Å². The molecule has 1 aromatic carbocycles. The third-order valence-corrected chi connectivity index (χ3v) is 4.10. The molecule has 122 valence electrons. The number of nitrogens with zero attached hydrogens (tertiary/aromatic N) is 2. The molecule has 0 bridgehead atoms. The number of anilines is 2.